The van der Waals surface area contributed by atoms with E-state index >= 15 is 0 Å². The highest BCUT2D eigenvalue weighted by molar-refractivity contribution is 7.18. The van der Waals surface area contributed by atoms with Crippen LogP contribution in [0.25, 0.3) is 16.3 Å². The first kappa shape index (κ1) is 22.0. The zero-order valence-corrected chi connectivity index (χ0v) is 19.9. The summed E-state index contributed by atoms with van der Waals surface area (Å²) in [5.41, 5.74) is 3.66. The van der Waals surface area contributed by atoms with Crippen molar-refractivity contribution in [3.8, 4) is 10.6 Å². The summed E-state index contributed by atoms with van der Waals surface area (Å²) in [7, 11) is 0. The monoisotopic (exact) mass is 469 g/mol. The van der Waals surface area contributed by atoms with E-state index in [0.717, 1.165) is 37.3 Å². The van der Waals surface area contributed by atoms with Gasteiger partial charge >= 0.3 is 0 Å². The van der Waals surface area contributed by atoms with Gasteiger partial charge in [-0.1, -0.05) is 0 Å². The molecule has 0 saturated carbocycles. The minimum atomic E-state index is -0.0969. The van der Waals surface area contributed by atoms with Gasteiger partial charge in [0.15, 0.2) is 5.13 Å². The van der Waals surface area contributed by atoms with Gasteiger partial charge in [0.2, 0.25) is 11.8 Å². The van der Waals surface area contributed by atoms with E-state index in [9.17, 15) is 9.59 Å². The van der Waals surface area contributed by atoms with Crippen LogP contribution in [0.5, 0.6) is 0 Å². The van der Waals surface area contributed by atoms with Gasteiger partial charge in [-0.2, -0.15) is 10.1 Å². The number of aryl methyl sites for hydroxylation is 3. The van der Waals surface area contributed by atoms with Gasteiger partial charge in [-0.05, 0) is 44.9 Å². The Morgan fingerprint density at radius 1 is 1.12 bits per heavy atom. The number of fused-ring (bicyclic) bond motifs is 1. The summed E-state index contributed by atoms with van der Waals surface area (Å²) < 4.78 is 1.69. The van der Waals surface area contributed by atoms with Gasteiger partial charge in [-0.15, -0.1) is 22.7 Å². The quantitative estimate of drug-likeness (QED) is 0.429. The van der Waals surface area contributed by atoms with Crippen molar-refractivity contribution in [3.63, 3.8) is 0 Å². The van der Waals surface area contributed by atoms with E-state index in [0.29, 0.717) is 30.3 Å². The van der Waals surface area contributed by atoms with E-state index < -0.39 is 0 Å². The lowest BCUT2D eigenvalue weighted by atomic mass is 10.1. The molecule has 0 fully saturated rings. The van der Waals surface area contributed by atoms with Gasteiger partial charge in [0.1, 0.15) is 6.33 Å². The van der Waals surface area contributed by atoms with Gasteiger partial charge in [-0.3, -0.25) is 9.59 Å². The smallest absolute Gasteiger partial charge is 0.252 e. The average Bonchev–Trinajstić information content (AvgIpc) is 3.46. The Labute approximate surface area is 192 Å². The molecule has 32 heavy (non-hydrogen) atoms. The fraction of sp³-hybridized carbons (Fsp3) is 0.333. The molecule has 2 amide bonds. The molecule has 0 unspecified atom stereocenters. The Morgan fingerprint density at radius 3 is 2.72 bits per heavy atom. The molecule has 0 saturated heterocycles. The molecule has 9 nitrogen and oxygen atoms in total. The fourth-order valence-corrected chi connectivity index (χ4v) is 5.33. The average molecular weight is 470 g/mol. The number of nitrogens with zero attached hydrogens (tertiary/aromatic N) is 5. The second-order valence-corrected chi connectivity index (χ2v) is 9.75. The van der Waals surface area contributed by atoms with Crippen molar-refractivity contribution in [1.29, 1.82) is 0 Å². The van der Waals surface area contributed by atoms with Crippen LogP contribution in [0.1, 0.15) is 40.1 Å². The van der Waals surface area contributed by atoms with E-state index in [-0.39, 0.29) is 11.8 Å². The number of thiazole rings is 1. The van der Waals surface area contributed by atoms with E-state index in [1.54, 1.807) is 15.9 Å². The highest BCUT2D eigenvalue weighted by atomic mass is 32.1. The maximum Gasteiger partial charge on any atom is 0.252 e. The summed E-state index contributed by atoms with van der Waals surface area (Å²) in [6, 6.07) is 3.98. The molecule has 0 aliphatic heterocycles. The van der Waals surface area contributed by atoms with Crippen molar-refractivity contribution in [2.24, 2.45) is 0 Å². The first-order valence-electron chi connectivity index (χ1n) is 10.1. The minimum Gasteiger partial charge on any atom is -0.351 e. The highest BCUT2D eigenvalue weighted by Crippen LogP contribution is 2.34. The molecule has 0 aliphatic rings. The molecular weight excluding hydrogens is 446 g/mol. The second-order valence-electron chi connectivity index (χ2n) is 7.38. The molecule has 0 aliphatic carbocycles. The lowest BCUT2D eigenvalue weighted by Gasteiger charge is -2.10. The maximum absolute atomic E-state index is 12.6. The number of anilines is 1. The number of hydrogen-bond acceptors (Lipinski definition) is 8. The van der Waals surface area contributed by atoms with Crippen molar-refractivity contribution < 1.29 is 9.59 Å². The molecule has 0 atom stereocenters. The predicted octanol–water partition coefficient (Wildman–Crippen LogP) is 3.44. The number of carbonyl (C=O) groups is 2. The van der Waals surface area contributed by atoms with Crippen LogP contribution < -0.4 is 10.6 Å². The summed E-state index contributed by atoms with van der Waals surface area (Å²) in [6.45, 7) is 7.87. The van der Waals surface area contributed by atoms with E-state index in [1.807, 2.05) is 32.9 Å². The van der Waals surface area contributed by atoms with Crippen LogP contribution >= 0.6 is 22.7 Å². The van der Waals surface area contributed by atoms with E-state index in [4.69, 9.17) is 0 Å². The number of rotatable bonds is 7. The number of nitrogens with one attached hydrogen (secondary N) is 2. The Morgan fingerprint density at radius 2 is 1.94 bits per heavy atom. The molecule has 11 heteroatoms. The standard InChI is InChI=1S/C21H23N7O2S2/c1-11-16(12(2)28-20(25-11)23-10-24-28)6-8-18(30)26-21-27-19(13(3)31-21)17-7-5-15(32-17)9-22-14(4)29/h5,7,10H,6,8-9H2,1-4H3,(H,22,29)(H,26,27,30). The lowest BCUT2D eigenvalue weighted by molar-refractivity contribution is -0.119. The predicted molar refractivity (Wildman–Crippen MR) is 125 cm³/mol. The first-order valence-corrected chi connectivity index (χ1v) is 11.7. The normalized spacial score (nSPS) is 11.1. The van der Waals surface area contributed by atoms with Crippen LogP contribution in [0.15, 0.2) is 18.5 Å². The highest BCUT2D eigenvalue weighted by Gasteiger charge is 2.16. The van der Waals surface area contributed by atoms with Crippen LogP contribution in [0.4, 0.5) is 5.13 Å². The summed E-state index contributed by atoms with van der Waals surface area (Å²) in [5, 5.41) is 10.5. The summed E-state index contributed by atoms with van der Waals surface area (Å²) in [6.07, 6.45) is 2.35. The Hall–Kier alpha value is -3.18. The van der Waals surface area contributed by atoms with Gasteiger partial charge < -0.3 is 10.6 Å². The van der Waals surface area contributed by atoms with Crippen molar-refractivity contribution in [2.45, 2.75) is 47.1 Å². The topological polar surface area (TPSA) is 114 Å². The Bertz CT molecular complexity index is 1300. The van der Waals surface area contributed by atoms with Crippen LogP contribution in [0.2, 0.25) is 0 Å². The van der Waals surface area contributed by atoms with Crippen molar-refractivity contribution in [3.05, 3.63) is 45.2 Å². The Kier molecular flexibility index (Phi) is 6.28. The van der Waals surface area contributed by atoms with Crippen molar-refractivity contribution in [2.75, 3.05) is 5.32 Å². The molecule has 0 radical (unpaired) electrons. The largest absolute Gasteiger partial charge is 0.351 e. The van der Waals surface area contributed by atoms with Crippen molar-refractivity contribution in [1.82, 2.24) is 29.9 Å². The SMILES string of the molecule is CC(=O)NCc1ccc(-c2nc(NC(=O)CCc3c(C)nc4ncnn4c3C)sc2C)s1. The van der Waals surface area contributed by atoms with Gasteiger partial charge in [0.25, 0.3) is 5.78 Å². The number of hydrogen-bond donors (Lipinski definition) is 2. The van der Waals surface area contributed by atoms with Gasteiger partial charge in [-0.25, -0.2) is 14.5 Å². The second kappa shape index (κ2) is 9.13. The fourth-order valence-electron chi connectivity index (χ4n) is 3.43. The Balaban J connectivity index is 1.41. The van der Waals surface area contributed by atoms with Crippen LogP contribution in [0, 0.1) is 20.8 Å². The van der Waals surface area contributed by atoms with Crippen LogP contribution in [-0.2, 0) is 22.6 Å². The number of carbonyl (C=O) groups excluding carboxylic acids is 2. The van der Waals surface area contributed by atoms with Crippen LogP contribution in [-0.4, -0.2) is 36.4 Å². The molecule has 166 valence electrons. The number of amides is 2. The van der Waals surface area contributed by atoms with Crippen LogP contribution in [0.3, 0.4) is 0 Å². The molecule has 0 spiro atoms. The summed E-state index contributed by atoms with van der Waals surface area (Å²) >= 11 is 3.04. The molecular formula is C21H23N7O2S2. The molecule has 4 heterocycles. The number of aromatic nitrogens is 5. The summed E-state index contributed by atoms with van der Waals surface area (Å²) in [4.78, 5) is 40.0. The third-order valence-electron chi connectivity index (χ3n) is 5.04. The zero-order chi connectivity index (χ0) is 22.8. The molecule has 0 bridgehead atoms. The first-order chi connectivity index (χ1) is 15.3. The van der Waals surface area contributed by atoms with E-state index in [2.05, 4.69) is 30.7 Å². The molecule has 4 aromatic rings. The van der Waals surface area contributed by atoms with E-state index in [1.165, 1.54) is 24.6 Å². The summed E-state index contributed by atoms with van der Waals surface area (Å²) in [5.74, 6) is 0.408. The molecule has 4 rings (SSSR count). The van der Waals surface area contributed by atoms with Gasteiger partial charge in [0, 0.05) is 34.5 Å². The van der Waals surface area contributed by atoms with Crippen molar-refractivity contribution >= 4 is 45.4 Å². The lowest BCUT2D eigenvalue weighted by Crippen LogP contribution is -2.17. The molecule has 0 aromatic carbocycles. The molecule has 4 aromatic heterocycles. The number of thiophene rings is 1. The third-order valence-corrected chi connectivity index (χ3v) is 7.02. The van der Waals surface area contributed by atoms with Gasteiger partial charge in [0.05, 0.1) is 17.1 Å². The third kappa shape index (κ3) is 4.68. The minimum absolute atomic E-state index is 0.0582. The molecule has 2 N–H and O–H groups in total. The maximum atomic E-state index is 12.6. The zero-order valence-electron chi connectivity index (χ0n) is 18.2.